The summed E-state index contributed by atoms with van der Waals surface area (Å²) >= 11 is 3.54. The smallest absolute Gasteiger partial charge is 0.244 e. The van der Waals surface area contributed by atoms with Gasteiger partial charge in [-0.3, -0.25) is 4.79 Å². The Morgan fingerprint density at radius 1 is 1.03 bits per heavy atom. The van der Waals surface area contributed by atoms with Crippen molar-refractivity contribution in [3.05, 3.63) is 93.5 Å². The molecule has 0 aliphatic carbocycles. The first-order valence-corrected chi connectivity index (χ1v) is 10.8. The van der Waals surface area contributed by atoms with E-state index >= 15 is 0 Å². The molecule has 3 aromatic carbocycles. The maximum atomic E-state index is 12.1. The Bertz CT molecular complexity index is 1030. The van der Waals surface area contributed by atoms with Crippen LogP contribution in [0.1, 0.15) is 29.2 Å². The minimum absolute atomic E-state index is 0.172. The van der Waals surface area contributed by atoms with Crippen molar-refractivity contribution in [2.45, 2.75) is 26.4 Å². The molecule has 0 bridgehead atoms. The van der Waals surface area contributed by atoms with Crippen LogP contribution in [0.4, 0.5) is 0 Å². The second-order valence-electron chi connectivity index (χ2n) is 6.95. The molecule has 6 heteroatoms. The Balaban J connectivity index is 1.60. The van der Waals surface area contributed by atoms with Gasteiger partial charge in [-0.15, -0.1) is 0 Å². The molecule has 0 saturated heterocycles. The fraction of sp³-hybridized carbons (Fsp3) is 0.200. The number of aryl methyl sites for hydroxylation is 1. The van der Waals surface area contributed by atoms with Crippen LogP contribution in [0, 0.1) is 0 Å². The molecule has 0 atom stereocenters. The van der Waals surface area contributed by atoms with Crippen molar-refractivity contribution in [3.8, 4) is 11.5 Å². The molecule has 0 saturated carbocycles. The highest BCUT2D eigenvalue weighted by Crippen LogP contribution is 2.36. The number of rotatable bonds is 9. The molecule has 1 amide bonds. The summed E-state index contributed by atoms with van der Waals surface area (Å²) in [6.07, 6.45) is 2.83. The largest absolute Gasteiger partial charge is 0.493 e. The second kappa shape index (κ2) is 11.3. The van der Waals surface area contributed by atoms with E-state index in [0.29, 0.717) is 18.1 Å². The van der Waals surface area contributed by atoms with Gasteiger partial charge in [0.2, 0.25) is 5.91 Å². The molecule has 0 aliphatic heterocycles. The van der Waals surface area contributed by atoms with Crippen molar-refractivity contribution in [2.24, 2.45) is 5.10 Å². The Labute approximate surface area is 191 Å². The summed E-state index contributed by atoms with van der Waals surface area (Å²) in [6, 6.07) is 21.6. The fourth-order valence-electron chi connectivity index (χ4n) is 2.98. The Kier molecular flexibility index (Phi) is 8.24. The zero-order valence-corrected chi connectivity index (χ0v) is 19.2. The average Bonchev–Trinajstić information content (AvgIpc) is 2.79. The number of benzene rings is 3. The first-order chi connectivity index (χ1) is 15.1. The predicted molar refractivity (Wildman–Crippen MR) is 127 cm³/mol. The molecule has 0 heterocycles. The first-order valence-electron chi connectivity index (χ1n) is 10.0. The van der Waals surface area contributed by atoms with Crippen LogP contribution in [0.5, 0.6) is 11.5 Å². The molecule has 1 N–H and O–H groups in total. The number of hydrogen-bond donors (Lipinski definition) is 1. The lowest BCUT2D eigenvalue weighted by molar-refractivity contribution is -0.120. The summed E-state index contributed by atoms with van der Waals surface area (Å²) in [7, 11) is 1.59. The predicted octanol–water partition coefficient (Wildman–Crippen LogP) is 5.29. The minimum Gasteiger partial charge on any atom is -0.493 e. The van der Waals surface area contributed by atoms with Crippen molar-refractivity contribution in [2.75, 3.05) is 7.11 Å². The number of nitrogens with one attached hydrogen (secondary N) is 1. The van der Waals surface area contributed by atoms with E-state index in [1.807, 2.05) is 66.7 Å². The SMILES string of the molecule is CCc1ccc(CC(=O)N/N=C/c2cc(Br)c(OCc3ccccc3)c(OC)c2)cc1. The molecule has 3 aromatic rings. The lowest BCUT2D eigenvalue weighted by atomic mass is 10.1. The lowest BCUT2D eigenvalue weighted by Gasteiger charge is -2.13. The third kappa shape index (κ3) is 6.69. The summed E-state index contributed by atoms with van der Waals surface area (Å²) in [5.41, 5.74) is 6.60. The van der Waals surface area contributed by atoms with Gasteiger partial charge in [0.05, 0.1) is 24.2 Å². The molecule has 160 valence electrons. The van der Waals surface area contributed by atoms with Crippen LogP contribution in [0.3, 0.4) is 0 Å². The van der Waals surface area contributed by atoms with E-state index in [4.69, 9.17) is 9.47 Å². The highest BCUT2D eigenvalue weighted by molar-refractivity contribution is 9.10. The van der Waals surface area contributed by atoms with Crippen LogP contribution in [0.15, 0.2) is 76.3 Å². The minimum atomic E-state index is -0.172. The Morgan fingerprint density at radius 2 is 1.74 bits per heavy atom. The van der Waals surface area contributed by atoms with Gasteiger partial charge in [-0.05, 0) is 56.7 Å². The molecular weight excluding hydrogens is 456 g/mol. The molecule has 0 unspecified atom stereocenters. The van der Waals surface area contributed by atoms with Gasteiger partial charge < -0.3 is 9.47 Å². The van der Waals surface area contributed by atoms with Gasteiger partial charge in [0.25, 0.3) is 0 Å². The standard InChI is InChI=1S/C25H25BrN2O3/c1-3-18-9-11-19(12-10-18)15-24(29)28-27-16-21-13-22(26)25(23(14-21)30-2)31-17-20-7-5-4-6-8-20/h4-14,16H,3,15,17H2,1-2H3,(H,28,29)/b27-16+. The highest BCUT2D eigenvalue weighted by atomic mass is 79.9. The van der Waals surface area contributed by atoms with E-state index in [2.05, 4.69) is 33.4 Å². The quantitative estimate of drug-likeness (QED) is 0.334. The van der Waals surface area contributed by atoms with Crippen LogP contribution in [-0.2, 0) is 24.2 Å². The molecule has 0 radical (unpaired) electrons. The Hall–Kier alpha value is -3.12. The number of halogens is 1. The number of hydrogen-bond acceptors (Lipinski definition) is 4. The summed E-state index contributed by atoms with van der Waals surface area (Å²) in [6.45, 7) is 2.53. The zero-order valence-electron chi connectivity index (χ0n) is 17.6. The number of ether oxygens (including phenoxy) is 2. The van der Waals surface area contributed by atoms with Crippen molar-refractivity contribution in [1.82, 2.24) is 5.43 Å². The number of carbonyl (C=O) groups is 1. The summed E-state index contributed by atoms with van der Waals surface area (Å²) in [5.74, 6) is 1.02. The number of amides is 1. The van der Waals surface area contributed by atoms with E-state index < -0.39 is 0 Å². The van der Waals surface area contributed by atoms with E-state index in [0.717, 1.165) is 27.6 Å². The van der Waals surface area contributed by atoms with E-state index in [-0.39, 0.29) is 12.3 Å². The molecule has 5 nitrogen and oxygen atoms in total. The van der Waals surface area contributed by atoms with Crippen LogP contribution < -0.4 is 14.9 Å². The van der Waals surface area contributed by atoms with Crippen LogP contribution >= 0.6 is 15.9 Å². The molecule has 0 spiro atoms. The lowest BCUT2D eigenvalue weighted by Crippen LogP contribution is -2.19. The molecule has 0 aliphatic rings. The van der Waals surface area contributed by atoms with Crippen LogP contribution in [-0.4, -0.2) is 19.2 Å². The summed E-state index contributed by atoms with van der Waals surface area (Å²) < 4.78 is 12.2. The molecule has 0 aromatic heterocycles. The van der Waals surface area contributed by atoms with Gasteiger partial charge in [0.1, 0.15) is 6.61 Å². The summed E-state index contributed by atoms with van der Waals surface area (Å²) in [4.78, 5) is 12.1. The maximum Gasteiger partial charge on any atom is 0.244 e. The van der Waals surface area contributed by atoms with Gasteiger partial charge in [-0.2, -0.15) is 5.10 Å². The second-order valence-corrected chi connectivity index (χ2v) is 7.80. The fourth-order valence-corrected chi connectivity index (χ4v) is 3.55. The average molecular weight is 481 g/mol. The van der Waals surface area contributed by atoms with Crippen molar-refractivity contribution in [1.29, 1.82) is 0 Å². The Morgan fingerprint density at radius 3 is 2.42 bits per heavy atom. The third-order valence-electron chi connectivity index (χ3n) is 4.68. The van der Waals surface area contributed by atoms with Crippen molar-refractivity contribution in [3.63, 3.8) is 0 Å². The van der Waals surface area contributed by atoms with E-state index in [1.54, 1.807) is 13.3 Å². The van der Waals surface area contributed by atoms with Gasteiger partial charge in [0, 0.05) is 0 Å². The van der Waals surface area contributed by atoms with Gasteiger partial charge >= 0.3 is 0 Å². The van der Waals surface area contributed by atoms with Gasteiger partial charge in [-0.25, -0.2) is 5.43 Å². The normalized spacial score (nSPS) is 10.8. The first kappa shape index (κ1) is 22.6. The molecular formula is C25H25BrN2O3. The number of nitrogens with zero attached hydrogens (tertiary/aromatic N) is 1. The summed E-state index contributed by atoms with van der Waals surface area (Å²) in [5, 5.41) is 4.07. The highest BCUT2D eigenvalue weighted by Gasteiger charge is 2.11. The third-order valence-corrected chi connectivity index (χ3v) is 5.27. The number of carbonyl (C=O) groups excluding carboxylic acids is 1. The number of methoxy groups -OCH3 is 1. The van der Waals surface area contributed by atoms with Gasteiger partial charge in [0.15, 0.2) is 11.5 Å². The monoisotopic (exact) mass is 480 g/mol. The number of hydrazone groups is 1. The molecule has 0 fully saturated rings. The maximum absolute atomic E-state index is 12.1. The van der Waals surface area contributed by atoms with Gasteiger partial charge in [-0.1, -0.05) is 61.5 Å². The van der Waals surface area contributed by atoms with Crippen molar-refractivity contribution < 1.29 is 14.3 Å². The van der Waals surface area contributed by atoms with E-state index in [1.165, 1.54) is 5.56 Å². The topological polar surface area (TPSA) is 59.9 Å². The zero-order chi connectivity index (χ0) is 22.1. The molecule has 31 heavy (non-hydrogen) atoms. The van der Waals surface area contributed by atoms with E-state index in [9.17, 15) is 4.79 Å². The van der Waals surface area contributed by atoms with Crippen molar-refractivity contribution >= 4 is 28.1 Å². The van der Waals surface area contributed by atoms with Crippen LogP contribution in [0.25, 0.3) is 0 Å². The molecule has 3 rings (SSSR count). The van der Waals surface area contributed by atoms with Crippen LogP contribution in [0.2, 0.25) is 0 Å².